The average Bonchev–Trinajstić information content (AvgIpc) is 3.25. The molecule has 0 unspecified atom stereocenters. The van der Waals surface area contributed by atoms with Gasteiger partial charge >= 0.3 is 5.97 Å². The van der Waals surface area contributed by atoms with Crippen LogP contribution in [0.5, 0.6) is 0 Å². The van der Waals surface area contributed by atoms with Crippen molar-refractivity contribution in [1.82, 2.24) is 4.90 Å². The van der Waals surface area contributed by atoms with Gasteiger partial charge in [0.15, 0.2) is 16.6 Å². The third-order valence-corrected chi connectivity index (χ3v) is 26.3. The Balaban J connectivity index is 1.82. The van der Waals surface area contributed by atoms with Gasteiger partial charge in [-0.2, -0.15) is 0 Å². The van der Waals surface area contributed by atoms with Gasteiger partial charge in [-0.3, -0.25) is 9.59 Å². The highest BCUT2D eigenvalue weighted by Crippen LogP contribution is 2.43. The SMILES string of the molecule is CC[C@@H]1/C=C(\C)C[C@H](C)C[C@H](OC)[C@H]2O[C@@H](CC(=O)N3CCCC[C@H]3C(=O)O[C@H](/C(C)=C/[C@@H]3CC[C@@H](O[Si](C)(C)C(C)(C)C)[C@H](OC)C3)[C@H](C)[C@@H](O[Si](C)(C)C(C)(C)C)CC1=O)[C@H](C)C[C@@H]2OC. The number of allylic oxidation sites excluding steroid dienone is 3. The summed E-state index contributed by atoms with van der Waals surface area (Å²) in [6, 6.07) is -0.735. The number of ether oxygens (including phenoxy) is 5. The monoisotopic (exact) mass is 990 g/mol. The minimum Gasteiger partial charge on any atom is -0.456 e. The summed E-state index contributed by atoms with van der Waals surface area (Å²) >= 11 is 0. The van der Waals surface area contributed by atoms with E-state index in [0.717, 1.165) is 56.9 Å². The van der Waals surface area contributed by atoms with E-state index < -0.39 is 40.9 Å². The topological polar surface area (TPSA) is 119 Å². The molecule has 3 fully saturated rings. The number of esters is 1. The smallest absolute Gasteiger partial charge is 0.329 e. The Kier molecular flexibility index (Phi) is 21.5. The molecule has 68 heavy (non-hydrogen) atoms. The molecule has 2 saturated heterocycles. The Morgan fingerprint density at radius 1 is 0.765 bits per heavy atom. The lowest BCUT2D eigenvalue weighted by Gasteiger charge is -2.44. The van der Waals surface area contributed by atoms with Crippen molar-refractivity contribution in [3.05, 3.63) is 23.3 Å². The molecule has 392 valence electrons. The Labute approximate surface area is 416 Å². The Hall–Kier alpha value is -1.72. The molecule has 1 amide bonds. The molecule has 3 aliphatic heterocycles. The van der Waals surface area contributed by atoms with Gasteiger partial charge in [-0.05, 0) is 138 Å². The number of rotatable bonds is 10. The number of methoxy groups -OCH3 is 3. The third kappa shape index (κ3) is 15.2. The minimum atomic E-state index is -2.46. The fourth-order valence-corrected chi connectivity index (χ4v) is 13.6. The van der Waals surface area contributed by atoms with Gasteiger partial charge in [0, 0.05) is 46.1 Å². The van der Waals surface area contributed by atoms with E-state index >= 15 is 0 Å². The van der Waals surface area contributed by atoms with Crippen LogP contribution in [0.4, 0.5) is 0 Å². The third-order valence-electron chi connectivity index (χ3n) is 17.3. The fraction of sp³-hybridized carbons (Fsp3) is 0.873. The second-order valence-corrected chi connectivity index (χ2v) is 34.3. The summed E-state index contributed by atoms with van der Waals surface area (Å²) in [6.45, 7) is 35.8. The van der Waals surface area contributed by atoms with Gasteiger partial charge in [0.25, 0.3) is 0 Å². The molecule has 1 aliphatic carbocycles. The quantitative estimate of drug-likeness (QED) is 0.119. The number of carbonyl (C=O) groups excluding carboxylic acids is 3. The maximum atomic E-state index is 15.0. The van der Waals surface area contributed by atoms with Crippen molar-refractivity contribution in [3.63, 3.8) is 0 Å². The van der Waals surface area contributed by atoms with Crippen LogP contribution in [0.25, 0.3) is 0 Å². The number of hydrogen-bond donors (Lipinski definition) is 0. The molecule has 0 aromatic carbocycles. The average molecular weight is 991 g/mol. The maximum absolute atomic E-state index is 15.0. The van der Waals surface area contributed by atoms with Gasteiger partial charge in [0.1, 0.15) is 24.0 Å². The first-order valence-electron chi connectivity index (χ1n) is 26.6. The van der Waals surface area contributed by atoms with Crippen LogP contribution in [0, 0.1) is 29.6 Å². The first-order valence-corrected chi connectivity index (χ1v) is 32.4. The molecule has 0 N–H and O–H groups in total. The molecule has 0 radical (unpaired) electrons. The highest BCUT2D eigenvalue weighted by atomic mass is 28.4. The fourth-order valence-electron chi connectivity index (χ4n) is 10.8. The number of carbonyl (C=O) groups is 3. The molecule has 4 rings (SSSR count). The second-order valence-electron chi connectivity index (χ2n) is 24.8. The van der Waals surface area contributed by atoms with E-state index in [1.165, 1.54) is 5.57 Å². The molecule has 11 nitrogen and oxygen atoms in total. The largest absolute Gasteiger partial charge is 0.456 e. The van der Waals surface area contributed by atoms with Gasteiger partial charge in [0.2, 0.25) is 5.91 Å². The van der Waals surface area contributed by atoms with Gasteiger partial charge < -0.3 is 37.4 Å². The zero-order chi connectivity index (χ0) is 51.1. The Bertz CT molecular complexity index is 1720. The van der Waals surface area contributed by atoms with Crippen LogP contribution >= 0.6 is 0 Å². The van der Waals surface area contributed by atoms with E-state index in [1.807, 2.05) is 0 Å². The number of Topliss-reactive ketones (excluding diaryl/α,β-unsaturated/α-hetero) is 1. The van der Waals surface area contributed by atoms with Crippen molar-refractivity contribution >= 4 is 34.3 Å². The summed E-state index contributed by atoms with van der Waals surface area (Å²) < 4.78 is 46.4. The number of ketones is 1. The minimum absolute atomic E-state index is 0.0168. The zero-order valence-electron chi connectivity index (χ0n) is 46.5. The van der Waals surface area contributed by atoms with Crippen molar-refractivity contribution in [2.24, 2.45) is 29.6 Å². The predicted molar refractivity (Wildman–Crippen MR) is 279 cm³/mol. The highest BCUT2D eigenvalue weighted by molar-refractivity contribution is 6.74. The molecule has 0 aromatic rings. The summed E-state index contributed by atoms with van der Waals surface area (Å²) in [4.78, 5) is 46.1. The second kappa shape index (κ2) is 24.8. The Morgan fingerprint density at radius 3 is 1.93 bits per heavy atom. The number of fused-ring (bicyclic) bond motifs is 3. The number of nitrogens with zero attached hydrogens (tertiary/aromatic N) is 1. The molecule has 13 heteroatoms. The molecule has 1 saturated carbocycles. The molecule has 0 aromatic heterocycles. The zero-order valence-corrected chi connectivity index (χ0v) is 48.5. The van der Waals surface area contributed by atoms with Crippen molar-refractivity contribution in [2.45, 2.75) is 251 Å². The lowest BCUT2D eigenvalue weighted by Crippen LogP contribution is -2.54. The van der Waals surface area contributed by atoms with E-state index in [-0.39, 0.29) is 101 Å². The van der Waals surface area contributed by atoms with Crippen LogP contribution in [0.15, 0.2) is 23.3 Å². The van der Waals surface area contributed by atoms with Crippen LogP contribution in [-0.2, 0) is 46.9 Å². The lowest BCUT2D eigenvalue weighted by atomic mass is 9.81. The van der Waals surface area contributed by atoms with Crippen LogP contribution in [0.2, 0.25) is 36.3 Å². The molecule has 3 heterocycles. The summed E-state index contributed by atoms with van der Waals surface area (Å²) in [5, 5.41) is -0.0442. The standard InChI is InChI=1S/C55H99NO10Si2/c1-20-41-28-35(2)27-36(3)29-48(61-14)52-49(62-15)31-37(4)45(63-52)34-50(58)56-26-22-21-23-42(56)53(59)64-51(39(6)46(33-43(41)57)66-68(18,19)55(10,11)12)38(5)30-40-24-25-44(47(32-40)60-13)65-67(16,17)54(7,8)9/h28,30,36-37,39-42,44-49,51-52H,20-27,29,31-34H2,1-19H3/b35-28+,38-30+/t36-,37+,39+,40-,41+,42-,44+,45-,46-,47+,48-,49-,51+,52+/m0/s1. The molecule has 14 atom stereocenters. The highest BCUT2D eigenvalue weighted by Gasteiger charge is 2.47. The van der Waals surface area contributed by atoms with E-state index in [0.29, 0.717) is 19.4 Å². The molecule has 0 spiro atoms. The van der Waals surface area contributed by atoms with Gasteiger partial charge in [-0.25, -0.2) is 4.79 Å². The summed E-state index contributed by atoms with van der Waals surface area (Å²) in [5.41, 5.74) is 2.10. The number of cyclic esters (lactones) is 1. The van der Waals surface area contributed by atoms with E-state index in [4.69, 9.17) is 32.5 Å². The summed E-state index contributed by atoms with van der Waals surface area (Å²) in [7, 11) is 0.739. The summed E-state index contributed by atoms with van der Waals surface area (Å²) in [5.74, 6) is -0.565. The normalized spacial score (nSPS) is 36.3. The van der Waals surface area contributed by atoms with Gasteiger partial charge in [0.05, 0.1) is 43.0 Å². The van der Waals surface area contributed by atoms with Crippen LogP contribution < -0.4 is 0 Å². The number of piperidine rings is 1. The van der Waals surface area contributed by atoms with Crippen LogP contribution in [-0.4, -0.2) is 122 Å². The predicted octanol–water partition coefficient (Wildman–Crippen LogP) is 12.0. The molecule has 2 bridgehead atoms. The summed E-state index contributed by atoms with van der Waals surface area (Å²) in [6.07, 6.45) is 10.1. The van der Waals surface area contributed by atoms with E-state index in [1.54, 1.807) is 26.2 Å². The van der Waals surface area contributed by atoms with Crippen LogP contribution in [0.1, 0.15) is 160 Å². The molecular weight excluding hydrogens is 891 g/mol. The van der Waals surface area contributed by atoms with Gasteiger partial charge in [-0.1, -0.05) is 87.0 Å². The van der Waals surface area contributed by atoms with Gasteiger partial charge in [-0.15, -0.1) is 0 Å². The maximum Gasteiger partial charge on any atom is 0.329 e. The Morgan fingerprint density at radius 2 is 1.35 bits per heavy atom. The van der Waals surface area contributed by atoms with E-state index in [2.05, 4.69) is 121 Å². The lowest BCUT2D eigenvalue weighted by molar-refractivity contribution is -0.198. The van der Waals surface area contributed by atoms with Crippen molar-refractivity contribution in [3.8, 4) is 0 Å². The van der Waals surface area contributed by atoms with Crippen molar-refractivity contribution in [1.29, 1.82) is 0 Å². The molecular formula is C55H99NO10Si2. The van der Waals surface area contributed by atoms with Crippen molar-refractivity contribution < 1.29 is 46.9 Å². The van der Waals surface area contributed by atoms with Crippen LogP contribution in [0.3, 0.4) is 0 Å². The first kappa shape index (κ1) is 58.9. The first-order chi connectivity index (χ1) is 31.6. The van der Waals surface area contributed by atoms with Crippen molar-refractivity contribution in [2.75, 3.05) is 27.9 Å². The number of amides is 1. The molecule has 4 aliphatic rings. The van der Waals surface area contributed by atoms with E-state index in [9.17, 15) is 14.4 Å². The number of hydrogen-bond acceptors (Lipinski definition) is 10.